The number of unbranched alkanes of at least 4 members (excludes halogenated alkanes) is 39. The minimum Gasteiger partial charge on any atom is -0.544 e. The number of carbonyl (C=O) groups excluding carboxylic acids is 7. The Hall–Kier alpha value is -3.17. The van der Waals surface area contributed by atoms with Gasteiger partial charge in [0.05, 0.1) is 76.6 Å². The first-order valence-corrected chi connectivity index (χ1v) is 54.1. The number of aliphatic carboxylic acids is 2. The van der Waals surface area contributed by atoms with Crippen LogP contribution >= 0.6 is 0 Å². The zero-order chi connectivity index (χ0) is 107. The maximum Gasteiger partial charge on any atom is 1.00 e. The fraction of sp³-hybridized carbons (Fsp3) is 0.912. The van der Waals surface area contributed by atoms with Crippen molar-refractivity contribution in [3.8, 4) is 0 Å². The molecule has 4 unspecified atom stereocenters. The number of amides is 4. The molecule has 0 spiro atoms. The topological polar surface area (TPSA) is 698 Å². The molecule has 6 aliphatic heterocycles. The van der Waals surface area contributed by atoms with E-state index in [1.165, 1.54) is 141 Å². The summed E-state index contributed by atoms with van der Waals surface area (Å²) in [5, 5.41) is 243. The van der Waals surface area contributed by atoms with Gasteiger partial charge in [-0.3, -0.25) is 24.0 Å². The van der Waals surface area contributed by atoms with E-state index in [0.717, 1.165) is 130 Å². The number of rotatable bonds is 76. The van der Waals surface area contributed by atoms with Crippen LogP contribution in [0.3, 0.4) is 0 Å². The first kappa shape index (κ1) is 137. The Morgan fingerprint density at radius 2 is 0.757 bits per heavy atom. The number of hydrogen-bond acceptors (Lipinski definition) is 40. The van der Waals surface area contributed by atoms with Gasteiger partial charge in [-0.25, -0.2) is 0 Å². The summed E-state index contributed by atoms with van der Waals surface area (Å²) in [7, 11) is 0. The van der Waals surface area contributed by atoms with Crippen LogP contribution in [0.2, 0.25) is 0 Å². The van der Waals surface area contributed by atoms with E-state index in [9.17, 15) is 136 Å². The molecule has 0 aromatic carbocycles. The molecule has 0 bridgehead atoms. The van der Waals surface area contributed by atoms with E-state index in [2.05, 4.69) is 42.0 Å². The van der Waals surface area contributed by atoms with Crippen molar-refractivity contribution in [1.82, 2.24) is 21.3 Å². The SMILES string of the molecule is CCCCCCCCCCCCC/C=C/C(OC(=O)CCCCCCCCCCCCCCCCC)C(CO[C@@H]1O[C@H](CO)[C@@H](O[C@@H]2O[C@H](CO)[C@H](O[C@@H]3O[C@H](CO)[C@H](O[C@@H]4O[C@H](CO)[C@H](O)[C@H](O)[C@H]4O)[C@H](O)[C@H]3NC(C)=O)[C@H](O[C@@]3(C(=O)[O-])C[C@@H](O)[C@H](NC(C)=O)C([C@@H](O)[C@@H](CO)O[C@@]4(C(=O)[O-])C[C@@H](O)[C@H](NC(C)=O)C([C@@H](O)[C@H](O)CO)O4)O3)[C@H]2O)[C@H](O)[C@H]1O)NC(=O)CCCCCCCCCCCCCCCCC.[Na+].[Na+]. The van der Waals surface area contributed by atoms with Gasteiger partial charge < -0.3 is 195 Å². The van der Waals surface area contributed by atoms with Crippen LogP contribution in [0.25, 0.3) is 0 Å². The van der Waals surface area contributed by atoms with Crippen LogP contribution in [0.5, 0.6) is 0 Å². The Balaban J connectivity index is 0.0000228. The monoisotopic (exact) mass is 2150 g/mol. The van der Waals surface area contributed by atoms with Gasteiger partial charge in [-0.15, -0.1) is 0 Å². The van der Waals surface area contributed by atoms with Crippen molar-refractivity contribution >= 4 is 41.5 Å². The zero-order valence-corrected chi connectivity index (χ0v) is 92.6. The largest absolute Gasteiger partial charge is 1.00 e. The Morgan fingerprint density at radius 3 is 1.19 bits per heavy atom. The number of carboxylic acid groups (broad SMARTS) is 2. The van der Waals surface area contributed by atoms with E-state index >= 15 is 0 Å². The van der Waals surface area contributed by atoms with Crippen LogP contribution < -0.4 is 90.6 Å². The second-order valence-corrected chi connectivity index (χ2v) is 40.4. The number of allylic oxidation sites excluding steroid dienone is 1. The van der Waals surface area contributed by atoms with Crippen molar-refractivity contribution in [1.29, 1.82) is 0 Å². The summed E-state index contributed by atoms with van der Waals surface area (Å²) in [6.07, 6.45) is -16.2. The second kappa shape index (κ2) is 75.0. The summed E-state index contributed by atoms with van der Waals surface area (Å²) in [6, 6.07) is -7.27. The van der Waals surface area contributed by atoms with E-state index in [1.807, 2.05) is 6.08 Å². The summed E-state index contributed by atoms with van der Waals surface area (Å²) in [4.78, 5) is 95.4. The molecule has 850 valence electrons. The normalized spacial score (nSPS) is 31.6. The van der Waals surface area contributed by atoms with Gasteiger partial charge in [0.15, 0.2) is 25.2 Å². The first-order chi connectivity index (χ1) is 70.0. The Labute approximate surface area is 915 Å². The molecule has 0 aromatic rings. The average molecular weight is 2150 g/mol. The Morgan fingerprint density at radius 1 is 0.392 bits per heavy atom. The molecule has 46 heteroatoms. The van der Waals surface area contributed by atoms with Crippen LogP contribution in [0.1, 0.15) is 337 Å². The quantitative estimate of drug-likeness (QED) is 0.0117. The number of ether oxygens (including phenoxy) is 13. The standard InChI is InChI=1S/C102H182N4O40.2Na/c1-7-10-13-16-19-22-25-28-30-33-36-39-42-45-48-51-75(119)106-65(69(50-47-44-41-38-35-32-27-24-21-18-15-12-9-3)135-76(120)52-49-46-43-40-37-34-31-29-26-23-20-17-14-11-8-2)61-134-96-87(128)85(126)90(73(59-111)138-96)141-98-88(129)94(91(74(60-112)139-98)142-95-79(105-64(6)115)83(124)89(72(58-110)137-95)140-97-86(127)84(125)81(122)70(56-108)136-97)146-102(100(132)133)54-67(117)78(104-63(5)114)93(145-102)82(123)71(57-109)143-101(99(130)131)53-66(116)77(103-62(4)113)92(144-101)80(121)68(118)55-107;;/h47,50,65-74,77-98,107-112,116-118,121-129H,7-46,48-49,51-61H2,1-6H3,(H,103,113)(H,104,114)(H,105,115)(H,106,119)(H,130,131)(H,132,133);;/q;2*+1/p-2/b50-47+;;/t65?,66-,67-,68-,69?,70-,71-,72-,73-,74-,77+,78+,79-,80+,81+,82+,83-,84+,85-,86-,87-,88-,89+,90-,91+,92?,93?,94-,95+,96-,97+,98+,101+,102-;;/m1../s1. The molecule has 0 aromatic heterocycles. The van der Waals surface area contributed by atoms with Gasteiger partial charge in [0.2, 0.25) is 35.2 Å². The van der Waals surface area contributed by atoms with Gasteiger partial charge in [0.25, 0.3) is 0 Å². The smallest absolute Gasteiger partial charge is 0.544 e. The fourth-order valence-corrected chi connectivity index (χ4v) is 19.9. The third kappa shape index (κ3) is 44.9. The van der Waals surface area contributed by atoms with Crippen LogP contribution in [0, 0.1) is 0 Å². The molecule has 6 heterocycles. The summed E-state index contributed by atoms with van der Waals surface area (Å²) < 4.78 is 79.0. The number of hydrogen-bond donors (Lipinski definition) is 22. The molecule has 44 nitrogen and oxygen atoms in total. The molecule has 0 saturated carbocycles. The molecular weight excluding hydrogens is 1970 g/mol. The van der Waals surface area contributed by atoms with Crippen molar-refractivity contribution in [3.05, 3.63) is 12.2 Å². The Bertz CT molecular complexity index is 3640. The molecule has 0 radical (unpaired) electrons. The van der Waals surface area contributed by atoms with Crippen LogP contribution in [-0.4, -0.2) is 387 Å². The maximum absolute atomic E-state index is 14.4. The van der Waals surface area contributed by atoms with E-state index in [4.69, 9.17) is 61.6 Å². The summed E-state index contributed by atoms with van der Waals surface area (Å²) >= 11 is 0. The maximum atomic E-state index is 14.4. The molecule has 6 aliphatic rings. The summed E-state index contributed by atoms with van der Waals surface area (Å²) in [5.41, 5.74) is 0. The van der Waals surface area contributed by atoms with E-state index in [-0.39, 0.29) is 72.0 Å². The third-order valence-electron chi connectivity index (χ3n) is 28.3. The van der Waals surface area contributed by atoms with Gasteiger partial charge in [-0.05, 0) is 31.8 Å². The molecule has 148 heavy (non-hydrogen) atoms. The molecule has 6 rings (SSSR count). The van der Waals surface area contributed by atoms with E-state index in [0.29, 0.717) is 19.3 Å². The van der Waals surface area contributed by atoms with Gasteiger partial charge >= 0.3 is 65.1 Å². The van der Waals surface area contributed by atoms with Crippen molar-refractivity contribution in [2.75, 3.05) is 46.2 Å². The summed E-state index contributed by atoms with van der Waals surface area (Å²) in [6.45, 7) is 1.08. The van der Waals surface area contributed by atoms with Crippen LogP contribution in [0.4, 0.5) is 0 Å². The van der Waals surface area contributed by atoms with Crippen molar-refractivity contribution in [3.63, 3.8) is 0 Å². The molecule has 4 amide bonds. The van der Waals surface area contributed by atoms with E-state index in [1.54, 1.807) is 6.08 Å². The Kier molecular flexibility index (Phi) is 69.5. The molecule has 0 aliphatic carbocycles. The van der Waals surface area contributed by atoms with Crippen LogP contribution in [-0.2, 0) is 95.1 Å². The number of esters is 1. The predicted molar refractivity (Wildman–Crippen MR) is 518 cm³/mol. The number of nitrogens with one attached hydrogen (secondary N) is 4. The van der Waals surface area contributed by atoms with Crippen molar-refractivity contribution < 1.29 is 256 Å². The van der Waals surface area contributed by atoms with Gasteiger partial charge in [-0.2, -0.15) is 0 Å². The number of aliphatic hydroxyl groups is 18. The van der Waals surface area contributed by atoms with Crippen LogP contribution in [0.15, 0.2) is 12.2 Å². The average Bonchev–Trinajstić information content (AvgIpc) is 0.739. The van der Waals surface area contributed by atoms with E-state index < -0.39 is 308 Å². The zero-order valence-electron chi connectivity index (χ0n) is 88.6. The number of carboxylic acids is 2. The van der Waals surface area contributed by atoms with Gasteiger partial charge in [0.1, 0.15) is 152 Å². The molecular formula is C102H180N4Na2O40. The van der Waals surface area contributed by atoms with Gasteiger partial charge in [0, 0.05) is 46.5 Å². The third-order valence-corrected chi connectivity index (χ3v) is 28.3. The molecule has 6 saturated heterocycles. The van der Waals surface area contributed by atoms with Gasteiger partial charge in [-0.1, -0.05) is 271 Å². The molecule has 22 N–H and O–H groups in total. The number of aliphatic hydroxyl groups excluding tert-OH is 18. The van der Waals surface area contributed by atoms with Crippen molar-refractivity contribution in [2.45, 2.75) is 544 Å². The fourth-order valence-electron chi connectivity index (χ4n) is 19.9. The number of carbonyl (C=O) groups is 7. The predicted octanol–water partition coefficient (Wildman–Crippen LogP) is -5.72. The molecule has 6 fully saturated rings. The van der Waals surface area contributed by atoms with Crippen molar-refractivity contribution in [2.24, 2.45) is 0 Å². The summed E-state index contributed by atoms with van der Waals surface area (Å²) in [5.74, 6) is -16.4. The minimum atomic E-state index is -3.82. The second-order valence-electron chi connectivity index (χ2n) is 40.4. The minimum absolute atomic E-state index is 0. The molecule has 34 atom stereocenters. The first-order valence-electron chi connectivity index (χ1n) is 54.1.